The highest BCUT2D eigenvalue weighted by Crippen LogP contribution is 2.32. The molecule has 2 aliphatic rings. The van der Waals surface area contributed by atoms with Gasteiger partial charge in [0.1, 0.15) is 12.1 Å². The van der Waals surface area contributed by atoms with Gasteiger partial charge in [-0.25, -0.2) is 0 Å². The van der Waals surface area contributed by atoms with Crippen molar-refractivity contribution in [2.75, 3.05) is 39.8 Å². The first-order chi connectivity index (χ1) is 26.2. The number of aryl methyl sites for hydroxylation is 3. The minimum absolute atomic E-state index is 0.0298. The van der Waals surface area contributed by atoms with Crippen LogP contribution in [0, 0.1) is 13.8 Å². The molecule has 13 heteroatoms. The first-order valence-electron chi connectivity index (χ1n) is 18.7. The molecule has 4 aromatic rings. The summed E-state index contributed by atoms with van der Waals surface area (Å²) in [5.74, 6) is -0.0213. The molecule has 4 amide bonds. The molecule has 0 aliphatic carbocycles. The van der Waals surface area contributed by atoms with Crippen LogP contribution in [0.4, 0.5) is 0 Å². The third kappa shape index (κ3) is 9.63. The molecular weight excluding hydrogens is 686 g/mol. The standard InChI is InChI=1S/C41H49N7O6/c1-28-21-29(2)48(45-28)26-31-9-6-11-33(22-31)41(52)47-27-34-24-35(47)40(51)44-17-4-5-19-46(38(49)15-12-30-10-7-16-42-25-30)20-8-18-43-39(50)32-13-14-36(53-3)37(23-32)54-34/h6-7,9-11,13-14,16,21-23,25,34-35H,4-5,8,12,15,17-20,24,26-27H2,1-3H3,(H,43,50)(H,44,51)/t34-,35-/m0/s1. The lowest BCUT2D eigenvalue weighted by Crippen LogP contribution is -2.46. The smallest absolute Gasteiger partial charge is 0.254 e. The van der Waals surface area contributed by atoms with Crippen molar-refractivity contribution in [3.63, 3.8) is 0 Å². The first kappa shape index (κ1) is 38.0. The van der Waals surface area contributed by atoms with E-state index in [1.807, 2.05) is 59.8 Å². The van der Waals surface area contributed by atoms with Crippen molar-refractivity contribution in [3.05, 3.63) is 107 Å². The van der Waals surface area contributed by atoms with E-state index in [2.05, 4.69) is 20.7 Å². The van der Waals surface area contributed by atoms with Gasteiger partial charge in [-0.3, -0.25) is 28.8 Å². The van der Waals surface area contributed by atoms with Crippen LogP contribution in [0.2, 0.25) is 0 Å². The predicted octanol–water partition coefficient (Wildman–Crippen LogP) is 4.11. The fourth-order valence-corrected chi connectivity index (χ4v) is 7.07. The summed E-state index contributed by atoms with van der Waals surface area (Å²) in [6, 6.07) is 17.4. The highest BCUT2D eigenvalue weighted by molar-refractivity contribution is 5.98. The van der Waals surface area contributed by atoms with Crippen LogP contribution in [0.1, 0.15) is 75.3 Å². The number of amides is 4. The number of pyridine rings is 1. The Morgan fingerprint density at radius 1 is 0.944 bits per heavy atom. The highest BCUT2D eigenvalue weighted by Gasteiger charge is 2.41. The second kappa shape index (κ2) is 17.9. The zero-order chi connectivity index (χ0) is 38.0. The summed E-state index contributed by atoms with van der Waals surface area (Å²) in [6.07, 6.45) is 6.03. The average molecular weight is 736 g/mol. The van der Waals surface area contributed by atoms with Crippen LogP contribution in [0.25, 0.3) is 0 Å². The van der Waals surface area contributed by atoms with Gasteiger partial charge in [0.25, 0.3) is 11.8 Å². The van der Waals surface area contributed by atoms with Crippen LogP contribution in [0.5, 0.6) is 11.5 Å². The summed E-state index contributed by atoms with van der Waals surface area (Å²) in [7, 11) is 1.52. The molecule has 4 heterocycles. The number of benzene rings is 2. The first-order valence-corrected chi connectivity index (χ1v) is 18.7. The lowest BCUT2D eigenvalue weighted by molar-refractivity contribution is -0.131. The molecule has 0 unspecified atom stereocenters. The van der Waals surface area contributed by atoms with Crippen LogP contribution < -0.4 is 20.1 Å². The van der Waals surface area contributed by atoms with E-state index in [1.165, 1.54) is 7.11 Å². The third-order valence-corrected chi connectivity index (χ3v) is 9.90. The van der Waals surface area contributed by atoms with Crippen molar-refractivity contribution in [2.24, 2.45) is 0 Å². The molecule has 54 heavy (non-hydrogen) atoms. The van der Waals surface area contributed by atoms with Gasteiger partial charge in [0, 0.05) is 68.2 Å². The van der Waals surface area contributed by atoms with Gasteiger partial charge in [-0.1, -0.05) is 18.2 Å². The molecular formula is C41H49N7O6. The number of fused-ring (bicyclic) bond motifs is 4. The van der Waals surface area contributed by atoms with E-state index in [1.54, 1.807) is 41.6 Å². The molecule has 6 rings (SSSR count). The largest absolute Gasteiger partial charge is 0.493 e. The fraction of sp³-hybridized carbons (Fsp3) is 0.415. The third-order valence-electron chi connectivity index (χ3n) is 9.90. The number of carbonyl (C=O) groups is 4. The summed E-state index contributed by atoms with van der Waals surface area (Å²) in [5.41, 5.74) is 4.70. The number of carbonyl (C=O) groups excluding carboxylic acids is 4. The zero-order valence-electron chi connectivity index (χ0n) is 31.3. The molecule has 1 saturated heterocycles. The summed E-state index contributed by atoms with van der Waals surface area (Å²) in [5, 5.41) is 10.6. The Balaban J connectivity index is 1.20. The second-order valence-electron chi connectivity index (χ2n) is 13.9. The summed E-state index contributed by atoms with van der Waals surface area (Å²) >= 11 is 0. The number of aromatic nitrogens is 3. The summed E-state index contributed by atoms with van der Waals surface area (Å²) < 4.78 is 13.9. The SMILES string of the molecule is COc1ccc2cc1O[C@H]1C[C@@H](C(=O)NCCCCN(C(=O)CCc3cccnc3)CCCNC2=O)N(C(=O)c2cccc(Cn3nc(C)cc3C)c2)C1. The van der Waals surface area contributed by atoms with Crippen molar-refractivity contribution < 1.29 is 28.7 Å². The predicted molar refractivity (Wildman–Crippen MR) is 202 cm³/mol. The van der Waals surface area contributed by atoms with E-state index in [4.69, 9.17) is 9.47 Å². The van der Waals surface area contributed by atoms with Crippen molar-refractivity contribution in [1.82, 2.24) is 35.2 Å². The number of nitrogens with zero attached hydrogens (tertiary/aromatic N) is 5. The van der Waals surface area contributed by atoms with Crippen LogP contribution in [0.3, 0.4) is 0 Å². The number of rotatable bonds is 7. The highest BCUT2D eigenvalue weighted by atomic mass is 16.5. The summed E-state index contributed by atoms with van der Waals surface area (Å²) in [6.45, 7) is 6.39. The van der Waals surface area contributed by atoms with E-state index in [-0.39, 0.29) is 36.6 Å². The van der Waals surface area contributed by atoms with Crippen LogP contribution in [0.15, 0.2) is 73.1 Å². The Kier molecular flexibility index (Phi) is 12.6. The van der Waals surface area contributed by atoms with Gasteiger partial charge < -0.3 is 29.9 Å². The number of methoxy groups -OCH3 is 1. The van der Waals surface area contributed by atoms with Crippen LogP contribution in [-0.4, -0.2) is 100 Å². The van der Waals surface area contributed by atoms with Crippen LogP contribution in [-0.2, 0) is 22.6 Å². The van der Waals surface area contributed by atoms with Crippen LogP contribution >= 0.6 is 0 Å². The maximum absolute atomic E-state index is 14.2. The van der Waals surface area contributed by atoms with Crippen molar-refractivity contribution in [2.45, 2.75) is 71.1 Å². The van der Waals surface area contributed by atoms with Gasteiger partial charge in [-0.2, -0.15) is 5.10 Å². The molecule has 0 radical (unpaired) electrons. The normalized spacial score (nSPS) is 18.4. The van der Waals surface area contributed by atoms with Crippen molar-refractivity contribution >= 4 is 23.6 Å². The lowest BCUT2D eigenvalue weighted by Gasteiger charge is -2.25. The Morgan fingerprint density at radius 2 is 1.76 bits per heavy atom. The molecule has 0 saturated carbocycles. The quantitative estimate of drug-likeness (QED) is 0.289. The van der Waals surface area contributed by atoms with E-state index in [0.717, 1.165) is 22.5 Å². The fourth-order valence-electron chi connectivity index (χ4n) is 7.07. The second-order valence-corrected chi connectivity index (χ2v) is 13.9. The molecule has 2 aromatic carbocycles. The van der Waals surface area contributed by atoms with Gasteiger partial charge >= 0.3 is 0 Å². The molecule has 2 aliphatic heterocycles. The number of hydrogen-bond acceptors (Lipinski definition) is 8. The van der Waals surface area contributed by atoms with E-state index < -0.39 is 12.1 Å². The molecule has 4 bridgehead atoms. The van der Waals surface area contributed by atoms with Crippen molar-refractivity contribution in [1.29, 1.82) is 0 Å². The van der Waals surface area contributed by atoms with Gasteiger partial charge in [-0.05, 0) is 93.1 Å². The Labute approximate surface area is 316 Å². The van der Waals surface area contributed by atoms with E-state index in [9.17, 15) is 19.2 Å². The Hall–Kier alpha value is -5.72. The molecule has 2 atom stereocenters. The average Bonchev–Trinajstić information content (AvgIpc) is 3.75. The zero-order valence-corrected chi connectivity index (χ0v) is 31.3. The Bertz CT molecular complexity index is 1950. The topological polar surface area (TPSA) is 148 Å². The lowest BCUT2D eigenvalue weighted by atomic mass is 10.1. The van der Waals surface area contributed by atoms with Gasteiger partial charge in [0.05, 0.1) is 25.9 Å². The number of likely N-dealkylation sites (tertiary alicyclic amines) is 1. The molecule has 2 N–H and O–H groups in total. The number of nitrogens with one attached hydrogen (secondary N) is 2. The van der Waals surface area contributed by atoms with Gasteiger partial charge in [-0.15, -0.1) is 0 Å². The molecule has 284 valence electrons. The minimum atomic E-state index is -0.785. The maximum atomic E-state index is 14.2. The molecule has 0 spiro atoms. The number of ether oxygens (including phenoxy) is 2. The monoisotopic (exact) mass is 735 g/mol. The van der Waals surface area contributed by atoms with Crippen molar-refractivity contribution in [3.8, 4) is 11.5 Å². The van der Waals surface area contributed by atoms with E-state index >= 15 is 0 Å². The minimum Gasteiger partial charge on any atom is -0.493 e. The Morgan fingerprint density at radius 3 is 2.54 bits per heavy atom. The maximum Gasteiger partial charge on any atom is 0.254 e. The summed E-state index contributed by atoms with van der Waals surface area (Å²) in [4.78, 5) is 62.2. The number of hydrogen-bond donors (Lipinski definition) is 2. The molecule has 1 fully saturated rings. The van der Waals surface area contributed by atoms with E-state index in [0.29, 0.717) is 87.5 Å². The molecule has 13 nitrogen and oxygen atoms in total. The molecule has 2 aromatic heterocycles. The van der Waals surface area contributed by atoms with Gasteiger partial charge in [0.15, 0.2) is 11.5 Å². The van der Waals surface area contributed by atoms with Gasteiger partial charge in [0.2, 0.25) is 11.8 Å².